The molecule has 0 bridgehead atoms. The maximum Gasteiger partial charge on any atom is 0.238 e. The minimum absolute atomic E-state index is 0.199. The lowest BCUT2D eigenvalue weighted by atomic mass is 10.3. The molecule has 154 valence electrons. The summed E-state index contributed by atoms with van der Waals surface area (Å²) in [5.41, 5.74) is 1.24. The minimum atomic E-state index is -0.449. The van der Waals surface area contributed by atoms with Gasteiger partial charge in [-0.05, 0) is 43.3 Å². The summed E-state index contributed by atoms with van der Waals surface area (Å²) in [6.45, 7) is 3.64. The fourth-order valence-electron chi connectivity index (χ4n) is 3.22. The zero-order chi connectivity index (χ0) is 21.1. The molecule has 1 atom stereocenters. The van der Waals surface area contributed by atoms with Gasteiger partial charge in [-0.2, -0.15) is 5.26 Å². The highest BCUT2D eigenvalue weighted by Crippen LogP contribution is 2.34. The molecular weight excluding hydrogens is 440 g/mol. The highest BCUT2D eigenvalue weighted by atomic mass is 35.5. The zero-order valence-electron chi connectivity index (χ0n) is 16.2. The molecule has 0 aliphatic carbocycles. The predicted molar refractivity (Wildman–Crippen MR) is 121 cm³/mol. The first-order chi connectivity index (χ1) is 14.6. The lowest BCUT2D eigenvalue weighted by Gasteiger charge is -2.19. The van der Waals surface area contributed by atoms with Gasteiger partial charge in [0.05, 0.1) is 21.5 Å². The molecule has 2 aromatic heterocycles. The van der Waals surface area contributed by atoms with Crippen molar-refractivity contribution in [1.82, 2.24) is 14.8 Å². The maximum atomic E-state index is 12.7. The van der Waals surface area contributed by atoms with E-state index in [0.29, 0.717) is 20.7 Å². The fraction of sp³-hybridized carbons (Fsp3) is 0.300. The third kappa shape index (κ3) is 4.17. The van der Waals surface area contributed by atoms with E-state index < -0.39 is 5.25 Å². The fourth-order valence-corrected chi connectivity index (χ4v) is 5.04. The van der Waals surface area contributed by atoms with Crippen LogP contribution in [0.4, 0.5) is 10.9 Å². The van der Waals surface area contributed by atoms with Gasteiger partial charge in [0.1, 0.15) is 11.1 Å². The van der Waals surface area contributed by atoms with Crippen LogP contribution in [0.2, 0.25) is 5.02 Å². The predicted octanol–water partition coefficient (Wildman–Crippen LogP) is 4.57. The number of nitrogens with zero attached hydrogens (tertiary/aromatic N) is 5. The summed E-state index contributed by atoms with van der Waals surface area (Å²) in [6.07, 6.45) is 2.22. The molecule has 30 heavy (non-hydrogen) atoms. The van der Waals surface area contributed by atoms with Crippen molar-refractivity contribution < 1.29 is 4.79 Å². The number of carbonyl (C=O) groups excluding carboxylic acids is 1. The highest BCUT2D eigenvalue weighted by Gasteiger charge is 2.26. The lowest BCUT2D eigenvalue weighted by Crippen LogP contribution is -2.24. The second-order valence-electron chi connectivity index (χ2n) is 6.79. The Morgan fingerprint density at radius 3 is 2.80 bits per heavy atom. The molecule has 0 radical (unpaired) electrons. The Labute approximate surface area is 187 Å². The van der Waals surface area contributed by atoms with Crippen molar-refractivity contribution in [3.05, 3.63) is 46.3 Å². The number of thiophene rings is 1. The number of benzene rings is 1. The van der Waals surface area contributed by atoms with Crippen LogP contribution in [0.3, 0.4) is 0 Å². The number of hydrogen-bond acceptors (Lipinski definition) is 7. The monoisotopic (exact) mass is 458 g/mol. The molecule has 0 saturated carbocycles. The molecule has 1 unspecified atom stereocenters. The molecule has 1 amide bonds. The van der Waals surface area contributed by atoms with Crippen LogP contribution in [0.15, 0.2) is 40.9 Å². The largest absolute Gasteiger partial charge is 0.341 e. The first kappa shape index (κ1) is 20.7. The van der Waals surface area contributed by atoms with Crippen molar-refractivity contribution in [2.24, 2.45) is 0 Å². The number of thioether (sulfide) groups is 1. The summed E-state index contributed by atoms with van der Waals surface area (Å²) >= 11 is 9.12. The van der Waals surface area contributed by atoms with Gasteiger partial charge in [-0.25, -0.2) is 0 Å². The quantitative estimate of drug-likeness (QED) is 0.544. The van der Waals surface area contributed by atoms with E-state index >= 15 is 0 Å². The normalized spacial score (nSPS) is 14.5. The Hall–Kier alpha value is -2.54. The Morgan fingerprint density at radius 1 is 1.30 bits per heavy atom. The van der Waals surface area contributed by atoms with Crippen LogP contribution in [0.1, 0.15) is 25.3 Å². The number of amides is 1. The molecule has 1 fully saturated rings. The number of nitriles is 1. The highest BCUT2D eigenvalue weighted by molar-refractivity contribution is 8.00. The number of carbonyl (C=O) groups is 1. The van der Waals surface area contributed by atoms with Crippen molar-refractivity contribution in [2.75, 3.05) is 23.3 Å². The van der Waals surface area contributed by atoms with Gasteiger partial charge in [-0.1, -0.05) is 35.5 Å². The maximum absolute atomic E-state index is 12.7. The topological polar surface area (TPSA) is 86.8 Å². The van der Waals surface area contributed by atoms with E-state index in [1.54, 1.807) is 18.4 Å². The van der Waals surface area contributed by atoms with E-state index in [-0.39, 0.29) is 5.91 Å². The van der Waals surface area contributed by atoms with Gasteiger partial charge in [-0.15, -0.1) is 21.5 Å². The SMILES string of the molecule is CC(Sc1nnc(N2CCCC2)n1-c1ccccc1Cl)C(=O)Nc1sccc1C#N. The molecule has 1 aliphatic heterocycles. The molecule has 3 aromatic rings. The summed E-state index contributed by atoms with van der Waals surface area (Å²) in [6, 6.07) is 11.3. The van der Waals surface area contributed by atoms with E-state index in [1.165, 1.54) is 23.1 Å². The van der Waals surface area contributed by atoms with E-state index in [9.17, 15) is 4.79 Å². The Balaban J connectivity index is 1.61. The lowest BCUT2D eigenvalue weighted by molar-refractivity contribution is -0.115. The third-order valence-corrected chi connectivity index (χ3v) is 6.96. The third-order valence-electron chi connectivity index (χ3n) is 4.77. The van der Waals surface area contributed by atoms with Gasteiger partial charge >= 0.3 is 0 Å². The van der Waals surface area contributed by atoms with E-state index in [2.05, 4.69) is 26.5 Å². The van der Waals surface area contributed by atoms with Gasteiger partial charge in [0, 0.05) is 13.1 Å². The molecule has 1 N–H and O–H groups in total. The molecule has 1 saturated heterocycles. The van der Waals surface area contributed by atoms with Crippen molar-refractivity contribution in [3.8, 4) is 11.8 Å². The summed E-state index contributed by atoms with van der Waals surface area (Å²) < 4.78 is 1.92. The number of nitrogens with one attached hydrogen (secondary N) is 1. The summed E-state index contributed by atoms with van der Waals surface area (Å²) in [5, 5.41) is 23.9. The molecule has 3 heterocycles. The van der Waals surface area contributed by atoms with Crippen LogP contribution >= 0.6 is 34.7 Å². The van der Waals surface area contributed by atoms with Gasteiger partial charge in [-0.3, -0.25) is 9.36 Å². The molecule has 10 heteroatoms. The average Bonchev–Trinajstić information content (AvgIpc) is 3.49. The van der Waals surface area contributed by atoms with Crippen LogP contribution in [0.25, 0.3) is 5.69 Å². The summed E-state index contributed by atoms with van der Waals surface area (Å²) in [4.78, 5) is 14.9. The van der Waals surface area contributed by atoms with Crippen molar-refractivity contribution in [3.63, 3.8) is 0 Å². The van der Waals surface area contributed by atoms with Crippen molar-refractivity contribution in [2.45, 2.75) is 30.2 Å². The number of para-hydroxylation sites is 1. The summed E-state index contributed by atoms with van der Waals surface area (Å²) in [7, 11) is 0. The second kappa shape index (κ2) is 9.08. The molecule has 1 aromatic carbocycles. The number of anilines is 2. The first-order valence-electron chi connectivity index (χ1n) is 9.49. The van der Waals surface area contributed by atoms with Crippen LogP contribution in [0.5, 0.6) is 0 Å². The Bertz CT molecular complexity index is 1100. The Morgan fingerprint density at radius 2 is 2.07 bits per heavy atom. The van der Waals surface area contributed by atoms with Gasteiger partial charge in [0.15, 0.2) is 5.16 Å². The number of halogens is 1. The van der Waals surface area contributed by atoms with Crippen LogP contribution in [-0.2, 0) is 4.79 Å². The molecule has 1 aliphatic rings. The minimum Gasteiger partial charge on any atom is -0.341 e. The molecule has 4 rings (SSSR count). The van der Waals surface area contributed by atoms with Crippen LogP contribution < -0.4 is 10.2 Å². The van der Waals surface area contributed by atoms with Crippen molar-refractivity contribution >= 4 is 51.6 Å². The van der Waals surface area contributed by atoms with E-state index in [4.69, 9.17) is 16.9 Å². The van der Waals surface area contributed by atoms with Gasteiger partial charge in [0.25, 0.3) is 0 Å². The summed E-state index contributed by atoms with van der Waals surface area (Å²) in [5.74, 6) is 0.538. The van der Waals surface area contributed by atoms with Gasteiger partial charge in [0.2, 0.25) is 11.9 Å². The molecule has 7 nitrogen and oxygen atoms in total. The smallest absolute Gasteiger partial charge is 0.238 e. The first-order valence-corrected chi connectivity index (χ1v) is 11.6. The second-order valence-corrected chi connectivity index (χ2v) is 9.42. The average molecular weight is 459 g/mol. The van der Waals surface area contributed by atoms with Crippen LogP contribution in [0, 0.1) is 11.3 Å². The van der Waals surface area contributed by atoms with Crippen LogP contribution in [-0.4, -0.2) is 39.0 Å². The van der Waals surface area contributed by atoms with E-state index in [1.807, 2.05) is 28.8 Å². The molecule has 0 spiro atoms. The van der Waals surface area contributed by atoms with Gasteiger partial charge < -0.3 is 10.2 Å². The Kier molecular flexibility index (Phi) is 6.27. The number of aromatic nitrogens is 3. The van der Waals surface area contributed by atoms with Crippen molar-refractivity contribution in [1.29, 1.82) is 5.26 Å². The number of hydrogen-bond donors (Lipinski definition) is 1. The molecular formula is C20H19ClN6OS2. The standard InChI is InChI=1S/C20H19ClN6OS2/c1-13(17(28)23-18-14(12-22)8-11-29-18)30-20-25-24-19(26-9-4-5-10-26)27(20)16-7-3-2-6-15(16)21/h2-3,6-8,11,13H,4-5,9-10H2,1H3,(H,23,28). The zero-order valence-corrected chi connectivity index (χ0v) is 18.6. The number of rotatable bonds is 6. The van der Waals surface area contributed by atoms with E-state index in [0.717, 1.165) is 37.6 Å².